The van der Waals surface area contributed by atoms with Crippen molar-refractivity contribution in [1.82, 2.24) is 9.62 Å². The highest BCUT2D eigenvalue weighted by Crippen LogP contribution is 2.33. The van der Waals surface area contributed by atoms with E-state index in [1.165, 1.54) is 4.31 Å². The van der Waals surface area contributed by atoms with E-state index < -0.39 is 21.5 Å². The normalized spacial score (nSPS) is 28.9. The van der Waals surface area contributed by atoms with Crippen LogP contribution in [0.15, 0.2) is 24.3 Å². The number of benzene rings is 1. The molecule has 0 spiro atoms. The second-order valence-corrected chi connectivity index (χ2v) is 8.00. The predicted molar refractivity (Wildman–Crippen MR) is 80.8 cm³/mol. The fraction of sp³-hybridized carbons (Fsp3) is 0.429. The van der Waals surface area contributed by atoms with Gasteiger partial charge in [-0.25, -0.2) is 8.42 Å². The van der Waals surface area contributed by atoms with Crippen molar-refractivity contribution in [2.24, 2.45) is 5.92 Å². The van der Waals surface area contributed by atoms with Gasteiger partial charge < -0.3 is 10.6 Å². The lowest BCUT2D eigenvalue weighted by molar-refractivity contribution is -0.120. The molecule has 8 heteroatoms. The summed E-state index contributed by atoms with van der Waals surface area (Å²) < 4.78 is 24.8. The van der Waals surface area contributed by atoms with Gasteiger partial charge in [0.1, 0.15) is 0 Å². The number of hydrogen-bond acceptors (Lipinski definition) is 4. The summed E-state index contributed by atoms with van der Waals surface area (Å²) in [6.45, 7) is 1.84. The number of carbonyl (C=O) groups is 2. The highest BCUT2D eigenvalue weighted by molar-refractivity contribution is 7.88. The molecule has 0 saturated carbocycles. The van der Waals surface area contributed by atoms with Crippen LogP contribution in [0.5, 0.6) is 0 Å². The van der Waals surface area contributed by atoms with Crippen LogP contribution in [0.2, 0.25) is 0 Å². The van der Waals surface area contributed by atoms with Crippen LogP contribution < -0.4 is 10.6 Å². The number of para-hydroxylation sites is 1. The molecule has 2 atom stereocenters. The van der Waals surface area contributed by atoms with E-state index in [-0.39, 0.29) is 24.9 Å². The van der Waals surface area contributed by atoms with Crippen molar-refractivity contribution < 1.29 is 18.0 Å². The summed E-state index contributed by atoms with van der Waals surface area (Å²) in [4.78, 5) is 25.0. The SMILES string of the molecule is C[C@]12CN(S(C)(=O)=O)C[C@H]1C(=O)Nc1ccccc1C(=O)N2. The zero-order chi connectivity index (χ0) is 16.1. The number of nitrogens with one attached hydrogen (secondary N) is 2. The Kier molecular flexibility index (Phi) is 3.26. The number of rotatable bonds is 1. The number of fused-ring (bicyclic) bond motifs is 2. The third kappa shape index (κ3) is 2.38. The minimum atomic E-state index is -3.43. The number of sulfonamides is 1. The Hall–Kier alpha value is -1.93. The summed E-state index contributed by atoms with van der Waals surface area (Å²) in [5.41, 5.74) is -0.129. The van der Waals surface area contributed by atoms with E-state index in [1.54, 1.807) is 31.2 Å². The summed E-state index contributed by atoms with van der Waals surface area (Å²) in [6.07, 6.45) is 1.10. The van der Waals surface area contributed by atoms with Crippen LogP contribution in [0.3, 0.4) is 0 Å². The average Bonchev–Trinajstić information content (AvgIpc) is 2.75. The lowest BCUT2D eigenvalue weighted by Gasteiger charge is -2.33. The molecule has 7 nitrogen and oxygen atoms in total. The Balaban J connectivity index is 2.03. The van der Waals surface area contributed by atoms with Crippen LogP contribution >= 0.6 is 0 Å². The van der Waals surface area contributed by atoms with Gasteiger partial charge in [0.25, 0.3) is 5.91 Å². The summed E-state index contributed by atoms with van der Waals surface area (Å²) in [5.74, 6) is -1.25. The van der Waals surface area contributed by atoms with Gasteiger partial charge >= 0.3 is 0 Å². The highest BCUT2D eigenvalue weighted by atomic mass is 32.2. The molecule has 0 bridgehead atoms. The first-order valence-corrected chi connectivity index (χ1v) is 8.73. The van der Waals surface area contributed by atoms with Gasteiger partial charge in [-0.1, -0.05) is 12.1 Å². The molecule has 0 unspecified atom stereocenters. The third-order valence-corrected chi connectivity index (χ3v) is 5.49. The fourth-order valence-electron chi connectivity index (χ4n) is 3.03. The van der Waals surface area contributed by atoms with Gasteiger partial charge in [-0.2, -0.15) is 4.31 Å². The number of anilines is 1. The molecule has 2 amide bonds. The summed E-state index contributed by atoms with van der Waals surface area (Å²) in [5, 5.41) is 5.58. The van der Waals surface area contributed by atoms with Crippen molar-refractivity contribution in [2.75, 3.05) is 24.7 Å². The van der Waals surface area contributed by atoms with E-state index in [9.17, 15) is 18.0 Å². The van der Waals surface area contributed by atoms with Crippen molar-refractivity contribution in [3.63, 3.8) is 0 Å². The quantitative estimate of drug-likeness (QED) is 0.761. The van der Waals surface area contributed by atoms with E-state index in [2.05, 4.69) is 10.6 Å². The second kappa shape index (κ2) is 4.79. The lowest BCUT2D eigenvalue weighted by atomic mass is 9.86. The number of hydrogen-bond donors (Lipinski definition) is 2. The van der Waals surface area contributed by atoms with Gasteiger partial charge in [-0.3, -0.25) is 9.59 Å². The predicted octanol–water partition coefficient (Wildman–Crippen LogP) is 0.0186. The first kappa shape index (κ1) is 15.0. The van der Waals surface area contributed by atoms with E-state index in [0.717, 1.165) is 6.26 Å². The molecule has 0 aliphatic carbocycles. The zero-order valence-electron chi connectivity index (χ0n) is 12.3. The van der Waals surface area contributed by atoms with Gasteiger partial charge in [0, 0.05) is 13.1 Å². The molecule has 2 aliphatic rings. The topological polar surface area (TPSA) is 95.6 Å². The van der Waals surface area contributed by atoms with Gasteiger partial charge in [0.15, 0.2) is 0 Å². The Morgan fingerprint density at radius 1 is 1.27 bits per heavy atom. The number of carbonyl (C=O) groups excluding carboxylic acids is 2. The largest absolute Gasteiger partial charge is 0.345 e. The summed E-state index contributed by atoms with van der Waals surface area (Å²) >= 11 is 0. The molecule has 0 radical (unpaired) electrons. The first-order chi connectivity index (χ1) is 10.2. The van der Waals surface area contributed by atoms with Gasteiger partial charge in [0.05, 0.1) is 29.0 Å². The van der Waals surface area contributed by atoms with Crippen LogP contribution in [0.25, 0.3) is 0 Å². The molecule has 0 aromatic heterocycles. The first-order valence-electron chi connectivity index (χ1n) is 6.88. The molecular formula is C14H17N3O4S. The Morgan fingerprint density at radius 2 is 1.95 bits per heavy atom. The maximum absolute atomic E-state index is 12.5. The molecule has 2 N–H and O–H groups in total. The fourth-order valence-corrected chi connectivity index (χ4v) is 3.96. The standard InChI is InChI=1S/C14H17N3O4S/c1-14-8-17(22(2,20)21)7-10(14)13(19)15-11-6-4-3-5-9(11)12(18)16-14/h3-6,10H,7-8H2,1-2H3,(H,15,19)(H,16,18)/t10-,14-/m0/s1. The monoisotopic (exact) mass is 323 g/mol. The summed E-state index contributed by atoms with van der Waals surface area (Å²) in [7, 11) is -3.43. The average molecular weight is 323 g/mol. The van der Waals surface area contributed by atoms with Crippen molar-refractivity contribution in [3.8, 4) is 0 Å². The van der Waals surface area contributed by atoms with Crippen molar-refractivity contribution in [3.05, 3.63) is 29.8 Å². The van der Waals surface area contributed by atoms with Crippen LogP contribution in [0, 0.1) is 5.92 Å². The lowest BCUT2D eigenvalue weighted by Crippen LogP contribution is -2.56. The van der Waals surface area contributed by atoms with E-state index in [0.29, 0.717) is 11.3 Å². The van der Waals surface area contributed by atoms with Crippen LogP contribution in [-0.2, 0) is 14.8 Å². The van der Waals surface area contributed by atoms with Gasteiger partial charge in [-0.05, 0) is 19.1 Å². The Morgan fingerprint density at radius 3 is 2.64 bits per heavy atom. The number of nitrogens with zero attached hydrogens (tertiary/aromatic N) is 1. The molecule has 1 aromatic carbocycles. The van der Waals surface area contributed by atoms with Crippen LogP contribution in [0.1, 0.15) is 17.3 Å². The molecule has 2 aliphatic heterocycles. The molecule has 2 heterocycles. The summed E-state index contributed by atoms with van der Waals surface area (Å²) in [6, 6.07) is 6.71. The van der Waals surface area contributed by atoms with Gasteiger partial charge in [-0.15, -0.1) is 0 Å². The zero-order valence-corrected chi connectivity index (χ0v) is 13.1. The molecule has 3 rings (SSSR count). The van der Waals surface area contributed by atoms with E-state index in [4.69, 9.17) is 0 Å². The van der Waals surface area contributed by atoms with E-state index in [1.807, 2.05) is 0 Å². The molecule has 1 aromatic rings. The maximum atomic E-state index is 12.5. The molecular weight excluding hydrogens is 306 g/mol. The van der Waals surface area contributed by atoms with E-state index >= 15 is 0 Å². The van der Waals surface area contributed by atoms with Crippen molar-refractivity contribution in [1.29, 1.82) is 0 Å². The number of amides is 2. The smallest absolute Gasteiger partial charge is 0.253 e. The van der Waals surface area contributed by atoms with Crippen molar-refractivity contribution in [2.45, 2.75) is 12.5 Å². The highest BCUT2D eigenvalue weighted by Gasteiger charge is 2.51. The third-order valence-electron chi connectivity index (χ3n) is 4.27. The molecule has 1 fully saturated rings. The Bertz CT molecular complexity index is 761. The molecule has 1 saturated heterocycles. The second-order valence-electron chi connectivity index (χ2n) is 6.01. The van der Waals surface area contributed by atoms with Gasteiger partial charge in [0.2, 0.25) is 15.9 Å². The Labute approximate surface area is 128 Å². The van der Waals surface area contributed by atoms with Crippen LogP contribution in [0.4, 0.5) is 5.69 Å². The minimum absolute atomic E-state index is 0.0591. The van der Waals surface area contributed by atoms with Crippen LogP contribution in [-0.4, -0.2) is 49.4 Å². The molecule has 118 valence electrons. The maximum Gasteiger partial charge on any atom is 0.253 e. The molecule has 22 heavy (non-hydrogen) atoms. The van der Waals surface area contributed by atoms with Crippen molar-refractivity contribution >= 4 is 27.5 Å². The minimum Gasteiger partial charge on any atom is -0.345 e.